The molecule has 0 aromatic carbocycles. The van der Waals surface area contributed by atoms with E-state index in [1.165, 1.54) is 19.3 Å². The van der Waals surface area contributed by atoms with Gasteiger partial charge in [-0.25, -0.2) is 0 Å². The third-order valence-electron chi connectivity index (χ3n) is 3.09. The van der Waals surface area contributed by atoms with Gasteiger partial charge in [0.15, 0.2) is 0 Å². The van der Waals surface area contributed by atoms with E-state index in [2.05, 4.69) is 13.8 Å². The van der Waals surface area contributed by atoms with Crippen molar-refractivity contribution in [3.63, 3.8) is 0 Å². The van der Waals surface area contributed by atoms with Crippen molar-refractivity contribution in [2.24, 2.45) is 17.6 Å². The van der Waals surface area contributed by atoms with Crippen LogP contribution in [0.2, 0.25) is 0 Å². The molecule has 1 aliphatic rings. The first-order chi connectivity index (χ1) is 6.61. The Bertz CT molecular complexity index is 189. The van der Waals surface area contributed by atoms with E-state index < -0.39 is 0 Å². The molecule has 2 unspecified atom stereocenters. The van der Waals surface area contributed by atoms with Gasteiger partial charge in [-0.15, -0.1) is 0 Å². The minimum Gasteiger partial charge on any atom is -0.327 e. The van der Waals surface area contributed by atoms with E-state index in [1.54, 1.807) is 0 Å². The summed E-state index contributed by atoms with van der Waals surface area (Å²) in [5.41, 5.74) is 6.03. The normalized spacial score (nSPS) is 28.9. The third-order valence-corrected chi connectivity index (χ3v) is 3.09. The van der Waals surface area contributed by atoms with Crippen molar-refractivity contribution in [3.05, 3.63) is 0 Å². The second-order valence-electron chi connectivity index (χ2n) is 4.97. The van der Waals surface area contributed by atoms with Gasteiger partial charge in [0.2, 0.25) is 0 Å². The van der Waals surface area contributed by atoms with Crippen molar-refractivity contribution < 1.29 is 4.79 Å². The molecule has 0 aliphatic heterocycles. The van der Waals surface area contributed by atoms with Crippen LogP contribution >= 0.6 is 0 Å². The van der Waals surface area contributed by atoms with E-state index in [0.717, 1.165) is 12.8 Å². The first-order valence-electron chi connectivity index (χ1n) is 5.89. The highest BCUT2D eigenvalue weighted by Crippen LogP contribution is 2.24. The number of rotatable bonds is 3. The number of hydrogen-bond acceptors (Lipinski definition) is 2. The van der Waals surface area contributed by atoms with Gasteiger partial charge in [0.1, 0.15) is 5.78 Å². The maximum absolute atomic E-state index is 11.9. The summed E-state index contributed by atoms with van der Waals surface area (Å²) in [6.45, 7) is 4.19. The lowest BCUT2D eigenvalue weighted by Gasteiger charge is -2.20. The fourth-order valence-corrected chi connectivity index (χ4v) is 2.29. The summed E-state index contributed by atoms with van der Waals surface area (Å²) in [5, 5.41) is 0. The van der Waals surface area contributed by atoms with Gasteiger partial charge < -0.3 is 5.73 Å². The molecule has 14 heavy (non-hydrogen) atoms. The predicted molar refractivity (Wildman–Crippen MR) is 59.0 cm³/mol. The van der Waals surface area contributed by atoms with Crippen LogP contribution in [-0.4, -0.2) is 11.8 Å². The van der Waals surface area contributed by atoms with Gasteiger partial charge in [-0.3, -0.25) is 4.79 Å². The van der Waals surface area contributed by atoms with E-state index in [9.17, 15) is 4.79 Å². The first kappa shape index (κ1) is 11.7. The number of carbonyl (C=O) groups excluding carboxylic acids is 1. The second-order valence-corrected chi connectivity index (χ2v) is 4.97. The maximum atomic E-state index is 11.9. The Morgan fingerprint density at radius 1 is 1.29 bits per heavy atom. The molecule has 1 rings (SSSR count). The van der Waals surface area contributed by atoms with Gasteiger partial charge >= 0.3 is 0 Å². The van der Waals surface area contributed by atoms with Crippen LogP contribution in [0.5, 0.6) is 0 Å². The number of hydrogen-bond donors (Lipinski definition) is 1. The van der Waals surface area contributed by atoms with Crippen LogP contribution < -0.4 is 5.73 Å². The summed E-state index contributed by atoms with van der Waals surface area (Å²) in [7, 11) is 0. The Hall–Kier alpha value is -0.370. The Labute approximate surface area is 87.2 Å². The molecule has 0 saturated heterocycles. The van der Waals surface area contributed by atoms with E-state index in [4.69, 9.17) is 5.73 Å². The summed E-state index contributed by atoms with van der Waals surface area (Å²) in [4.78, 5) is 11.9. The van der Waals surface area contributed by atoms with E-state index in [1.807, 2.05) is 0 Å². The Balaban J connectivity index is 2.50. The smallest absolute Gasteiger partial charge is 0.137 e. The van der Waals surface area contributed by atoms with Gasteiger partial charge in [0.25, 0.3) is 0 Å². The van der Waals surface area contributed by atoms with Crippen molar-refractivity contribution in [3.8, 4) is 0 Å². The molecule has 0 aromatic heterocycles. The van der Waals surface area contributed by atoms with Gasteiger partial charge in [0, 0.05) is 18.4 Å². The molecular weight excluding hydrogens is 174 g/mol. The molecule has 2 N–H and O–H groups in total. The monoisotopic (exact) mass is 197 g/mol. The number of ketones is 1. The van der Waals surface area contributed by atoms with Crippen LogP contribution in [0.25, 0.3) is 0 Å². The molecule has 0 aromatic rings. The Kier molecular flexibility index (Phi) is 4.59. The van der Waals surface area contributed by atoms with Gasteiger partial charge in [-0.2, -0.15) is 0 Å². The lowest BCUT2D eigenvalue weighted by atomic mass is 9.87. The van der Waals surface area contributed by atoms with Crippen LogP contribution in [0.15, 0.2) is 0 Å². The molecule has 0 heterocycles. The molecule has 2 heteroatoms. The average Bonchev–Trinajstić information content (AvgIpc) is 2.28. The molecule has 2 atom stereocenters. The van der Waals surface area contributed by atoms with Crippen LogP contribution in [0.3, 0.4) is 0 Å². The SMILES string of the molecule is CC(C)CC(=O)C1CCCCCC1N. The lowest BCUT2D eigenvalue weighted by molar-refractivity contribution is -0.124. The largest absolute Gasteiger partial charge is 0.327 e. The summed E-state index contributed by atoms with van der Waals surface area (Å²) in [6.07, 6.45) is 6.40. The number of Topliss-reactive ketones (excluding diaryl/α,β-unsaturated/α-hetero) is 1. The van der Waals surface area contributed by atoms with Crippen LogP contribution in [0.1, 0.15) is 52.4 Å². The molecule has 0 spiro atoms. The fraction of sp³-hybridized carbons (Fsp3) is 0.917. The molecule has 0 bridgehead atoms. The quantitative estimate of drug-likeness (QED) is 0.706. The highest BCUT2D eigenvalue weighted by Gasteiger charge is 2.26. The van der Waals surface area contributed by atoms with Crippen molar-refractivity contribution in [1.29, 1.82) is 0 Å². The van der Waals surface area contributed by atoms with E-state index in [0.29, 0.717) is 18.1 Å². The summed E-state index contributed by atoms with van der Waals surface area (Å²) < 4.78 is 0. The topological polar surface area (TPSA) is 43.1 Å². The lowest BCUT2D eigenvalue weighted by Crippen LogP contribution is -2.35. The zero-order valence-electron chi connectivity index (χ0n) is 9.46. The number of carbonyl (C=O) groups is 1. The van der Waals surface area contributed by atoms with Crippen LogP contribution in [0, 0.1) is 11.8 Å². The van der Waals surface area contributed by atoms with E-state index >= 15 is 0 Å². The fourth-order valence-electron chi connectivity index (χ4n) is 2.29. The second kappa shape index (κ2) is 5.50. The maximum Gasteiger partial charge on any atom is 0.137 e. The van der Waals surface area contributed by atoms with Crippen molar-refractivity contribution in [2.45, 2.75) is 58.4 Å². The summed E-state index contributed by atoms with van der Waals surface area (Å²) in [5.74, 6) is 1.02. The minimum atomic E-state index is 0.128. The highest BCUT2D eigenvalue weighted by molar-refractivity contribution is 5.81. The number of nitrogens with two attached hydrogens (primary N) is 1. The molecule has 0 radical (unpaired) electrons. The van der Waals surface area contributed by atoms with Crippen LogP contribution in [0.4, 0.5) is 0 Å². The third kappa shape index (κ3) is 3.41. The van der Waals surface area contributed by atoms with Gasteiger partial charge in [0.05, 0.1) is 0 Å². The zero-order chi connectivity index (χ0) is 10.6. The Morgan fingerprint density at radius 3 is 2.57 bits per heavy atom. The molecule has 2 nitrogen and oxygen atoms in total. The minimum absolute atomic E-state index is 0.128. The molecule has 1 aliphatic carbocycles. The highest BCUT2D eigenvalue weighted by atomic mass is 16.1. The molecule has 1 saturated carbocycles. The van der Waals surface area contributed by atoms with Crippen LogP contribution in [-0.2, 0) is 4.79 Å². The van der Waals surface area contributed by atoms with Gasteiger partial charge in [-0.05, 0) is 18.8 Å². The van der Waals surface area contributed by atoms with E-state index in [-0.39, 0.29) is 12.0 Å². The van der Waals surface area contributed by atoms with Crippen molar-refractivity contribution >= 4 is 5.78 Å². The van der Waals surface area contributed by atoms with Crippen molar-refractivity contribution in [2.75, 3.05) is 0 Å². The molecule has 1 fully saturated rings. The Morgan fingerprint density at radius 2 is 1.93 bits per heavy atom. The van der Waals surface area contributed by atoms with Gasteiger partial charge in [-0.1, -0.05) is 33.1 Å². The standard InChI is InChI=1S/C12H23NO/c1-9(2)8-12(14)10-6-4-3-5-7-11(10)13/h9-11H,3-8,13H2,1-2H3. The molecular formula is C12H23NO. The summed E-state index contributed by atoms with van der Waals surface area (Å²) in [6, 6.07) is 0.128. The van der Waals surface area contributed by atoms with Crippen molar-refractivity contribution in [1.82, 2.24) is 0 Å². The summed E-state index contributed by atoms with van der Waals surface area (Å²) >= 11 is 0. The first-order valence-corrected chi connectivity index (χ1v) is 5.89. The molecule has 0 amide bonds. The average molecular weight is 197 g/mol. The zero-order valence-corrected chi connectivity index (χ0v) is 9.46. The molecule has 82 valence electrons. The predicted octanol–water partition coefficient (Wildman–Crippen LogP) is 2.51.